The molecular weight excluding hydrogens is 226 g/mol. The van der Waals surface area contributed by atoms with E-state index in [2.05, 4.69) is 5.32 Å². The third kappa shape index (κ3) is 3.46. The second-order valence-corrected chi connectivity index (χ2v) is 3.58. The molecule has 0 aliphatic rings. The fraction of sp³-hybridized carbons (Fsp3) is 0.273. The Morgan fingerprint density at radius 1 is 1.35 bits per heavy atom. The van der Waals surface area contributed by atoms with Crippen LogP contribution in [0, 0.1) is 0 Å². The predicted molar refractivity (Wildman–Crippen MR) is 58.7 cm³/mol. The highest BCUT2D eigenvalue weighted by molar-refractivity contribution is 5.97. The van der Waals surface area contributed by atoms with Crippen molar-refractivity contribution < 1.29 is 24.9 Å². The summed E-state index contributed by atoms with van der Waals surface area (Å²) in [6, 6.07) is 4.10. The minimum Gasteiger partial charge on any atom is -0.508 e. The second kappa shape index (κ2) is 5.31. The van der Waals surface area contributed by atoms with Gasteiger partial charge in [-0.05, 0) is 25.1 Å². The van der Waals surface area contributed by atoms with Crippen molar-refractivity contribution >= 4 is 11.9 Å². The van der Waals surface area contributed by atoms with Crippen LogP contribution in [0.2, 0.25) is 0 Å². The largest absolute Gasteiger partial charge is 0.508 e. The highest BCUT2D eigenvalue weighted by Crippen LogP contribution is 2.11. The van der Waals surface area contributed by atoms with E-state index in [-0.39, 0.29) is 11.3 Å². The number of carbonyl (C=O) groups is 2. The summed E-state index contributed by atoms with van der Waals surface area (Å²) in [7, 11) is 0. The topological polar surface area (TPSA) is 107 Å². The second-order valence-electron chi connectivity index (χ2n) is 3.58. The quantitative estimate of drug-likeness (QED) is 0.589. The fourth-order valence-corrected chi connectivity index (χ4v) is 1.26. The van der Waals surface area contributed by atoms with Crippen LogP contribution < -0.4 is 5.32 Å². The number of aliphatic hydroxyl groups is 1. The normalized spacial score (nSPS) is 13.8. The maximum Gasteiger partial charge on any atom is 0.328 e. The first kappa shape index (κ1) is 13.0. The zero-order valence-electron chi connectivity index (χ0n) is 9.12. The van der Waals surface area contributed by atoms with Crippen LogP contribution in [0.3, 0.4) is 0 Å². The Hall–Kier alpha value is -2.08. The molecular formula is C11H13NO5. The molecule has 0 spiro atoms. The van der Waals surface area contributed by atoms with Crippen LogP contribution in [0.15, 0.2) is 24.3 Å². The Kier molecular flexibility index (Phi) is 4.06. The van der Waals surface area contributed by atoms with Gasteiger partial charge in [0.05, 0.1) is 6.10 Å². The van der Waals surface area contributed by atoms with Gasteiger partial charge >= 0.3 is 5.97 Å². The lowest BCUT2D eigenvalue weighted by Gasteiger charge is -2.16. The van der Waals surface area contributed by atoms with Gasteiger partial charge in [-0.3, -0.25) is 4.79 Å². The van der Waals surface area contributed by atoms with Crippen molar-refractivity contribution in [2.24, 2.45) is 0 Å². The summed E-state index contributed by atoms with van der Waals surface area (Å²) in [5, 5.41) is 29.3. The van der Waals surface area contributed by atoms with Gasteiger partial charge in [0.2, 0.25) is 0 Å². The number of hydrogen-bond donors (Lipinski definition) is 4. The molecule has 0 fully saturated rings. The standard InChI is InChI=1S/C11H13NO5/c1-6(13)9(11(16)17)12-10(15)7-3-2-4-8(14)5-7/h2-6,9,13-14H,1H3,(H,12,15)(H,16,17). The first-order valence-electron chi connectivity index (χ1n) is 4.92. The molecule has 0 aliphatic heterocycles. The number of benzene rings is 1. The molecule has 0 aliphatic carbocycles. The maximum absolute atomic E-state index is 11.6. The summed E-state index contributed by atoms with van der Waals surface area (Å²) in [6.07, 6.45) is -1.21. The monoisotopic (exact) mass is 239 g/mol. The number of amides is 1. The van der Waals surface area contributed by atoms with Gasteiger partial charge in [-0.15, -0.1) is 0 Å². The number of aromatic hydroxyl groups is 1. The smallest absolute Gasteiger partial charge is 0.328 e. The Morgan fingerprint density at radius 2 is 2.00 bits per heavy atom. The van der Waals surface area contributed by atoms with Crippen molar-refractivity contribution in [3.05, 3.63) is 29.8 Å². The van der Waals surface area contributed by atoms with E-state index in [9.17, 15) is 14.7 Å². The first-order valence-corrected chi connectivity index (χ1v) is 4.92. The average molecular weight is 239 g/mol. The summed E-state index contributed by atoms with van der Waals surface area (Å²) in [6.45, 7) is 1.27. The Bertz CT molecular complexity index is 430. The third-order valence-electron chi connectivity index (χ3n) is 2.14. The lowest BCUT2D eigenvalue weighted by molar-refractivity contribution is -0.141. The van der Waals surface area contributed by atoms with E-state index < -0.39 is 24.0 Å². The summed E-state index contributed by atoms with van der Waals surface area (Å²) < 4.78 is 0. The number of hydrogen-bond acceptors (Lipinski definition) is 4. The van der Waals surface area contributed by atoms with E-state index in [4.69, 9.17) is 10.2 Å². The number of nitrogens with one attached hydrogen (secondary N) is 1. The summed E-state index contributed by atoms with van der Waals surface area (Å²) >= 11 is 0. The lowest BCUT2D eigenvalue weighted by Crippen LogP contribution is -2.47. The van der Waals surface area contributed by atoms with Crippen LogP contribution in [-0.4, -0.2) is 39.3 Å². The highest BCUT2D eigenvalue weighted by Gasteiger charge is 2.25. The number of carboxylic acid groups (broad SMARTS) is 1. The molecule has 4 N–H and O–H groups in total. The first-order chi connectivity index (χ1) is 7.91. The molecule has 17 heavy (non-hydrogen) atoms. The summed E-state index contributed by atoms with van der Waals surface area (Å²) in [4.78, 5) is 22.4. The van der Waals surface area contributed by atoms with Crippen molar-refractivity contribution in [3.8, 4) is 5.75 Å². The van der Waals surface area contributed by atoms with E-state index in [1.165, 1.54) is 31.2 Å². The van der Waals surface area contributed by atoms with Gasteiger partial charge in [-0.1, -0.05) is 6.07 Å². The van der Waals surface area contributed by atoms with Gasteiger partial charge in [0.1, 0.15) is 5.75 Å². The molecule has 0 aromatic heterocycles. The molecule has 1 rings (SSSR count). The van der Waals surface area contributed by atoms with Crippen LogP contribution in [0.4, 0.5) is 0 Å². The van der Waals surface area contributed by atoms with Crippen LogP contribution in [0.5, 0.6) is 5.75 Å². The van der Waals surface area contributed by atoms with Gasteiger partial charge in [-0.2, -0.15) is 0 Å². The fourth-order valence-electron chi connectivity index (χ4n) is 1.26. The van der Waals surface area contributed by atoms with Crippen molar-refractivity contribution in [3.63, 3.8) is 0 Å². The van der Waals surface area contributed by atoms with Gasteiger partial charge in [0.15, 0.2) is 6.04 Å². The van der Waals surface area contributed by atoms with Crippen molar-refractivity contribution in [2.75, 3.05) is 0 Å². The van der Waals surface area contributed by atoms with E-state index in [1.807, 2.05) is 0 Å². The number of aliphatic hydroxyl groups excluding tert-OH is 1. The minimum atomic E-state index is -1.38. The van der Waals surface area contributed by atoms with Crippen LogP contribution in [-0.2, 0) is 4.79 Å². The molecule has 92 valence electrons. The molecule has 1 aromatic rings. The molecule has 1 aromatic carbocycles. The molecule has 0 radical (unpaired) electrons. The van der Waals surface area contributed by atoms with Crippen molar-refractivity contribution in [2.45, 2.75) is 19.1 Å². The van der Waals surface area contributed by atoms with Crippen LogP contribution in [0.1, 0.15) is 17.3 Å². The maximum atomic E-state index is 11.6. The lowest BCUT2D eigenvalue weighted by atomic mass is 10.1. The molecule has 6 nitrogen and oxygen atoms in total. The Morgan fingerprint density at radius 3 is 2.47 bits per heavy atom. The van der Waals surface area contributed by atoms with E-state index in [0.29, 0.717) is 0 Å². The third-order valence-corrected chi connectivity index (χ3v) is 2.14. The van der Waals surface area contributed by atoms with Crippen LogP contribution in [0.25, 0.3) is 0 Å². The SMILES string of the molecule is CC(O)C(NC(=O)c1cccc(O)c1)C(=O)O. The van der Waals surface area contributed by atoms with Gasteiger partial charge in [0, 0.05) is 5.56 Å². The zero-order chi connectivity index (χ0) is 13.0. The molecule has 0 saturated carbocycles. The molecule has 1 amide bonds. The van der Waals surface area contributed by atoms with Crippen LogP contribution >= 0.6 is 0 Å². The van der Waals surface area contributed by atoms with Gasteiger partial charge in [-0.25, -0.2) is 4.79 Å². The summed E-state index contributed by atoms with van der Waals surface area (Å²) in [5.41, 5.74) is 0.122. The number of phenolic OH excluding ortho intramolecular Hbond substituents is 1. The molecule has 2 unspecified atom stereocenters. The molecule has 6 heteroatoms. The Balaban J connectivity index is 2.81. The van der Waals surface area contributed by atoms with E-state index in [0.717, 1.165) is 0 Å². The number of rotatable bonds is 4. The Labute approximate surface area is 97.5 Å². The highest BCUT2D eigenvalue weighted by atomic mass is 16.4. The average Bonchev–Trinajstić information content (AvgIpc) is 2.24. The molecule has 0 saturated heterocycles. The van der Waals surface area contributed by atoms with E-state index in [1.54, 1.807) is 0 Å². The van der Waals surface area contributed by atoms with E-state index >= 15 is 0 Å². The van der Waals surface area contributed by atoms with Crippen molar-refractivity contribution in [1.29, 1.82) is 0 Å². The molecule has 0 heterocycles. The molecule has 2 atom stereocenters. The molecule has 0 bridgehead atoms. The van der Waals surface area contributed by atoms with Gasteiger partial charge < -0.3 is 20.6 Å². The zero-order valence-corrected chi connectivity index (χ0v) is 9.12. The number of carboxylic acids is 1. The van der Waals surface area contributed by atoms with Crippen molar-refractivity contribution in [1.82, 2.24) is 5.32 Å². The number of carbonyl (C=O) groups excluding carboxylic acids is 1. The number of aliphatic carboxylic acids is 1. The summed E-state index contributed by atoms with van der Waals surface area (Å²) in [5.74, 6) is -2.09. The predicted octanol–water partition coefficient (Wildman–Crippen LogP) is -0.0440. The van der Waals surface area contributed by atoms with Gasteiger partial charge in [0.25, 0.3) is 5.91 Å². The minimum absolute atomic E-state index is 0.0958. The number of phenols is 1.